The normalized spacial score (nSPS) is 19.4. The van der Waals surface area contributed by atoms with Crippen LogP contribution in [0, 0.1) is 0 Å². The molecule has 0 bridgehead atoms. The zero-order valence-corrected chi connectivity index (χ0v) is 12.9. The fourth-order valence-corrected chi connectivity index (χ4v) is 3.90. The highest BCUT2D eigenvalue weighted by molar-refractivity contribution is 7.89. The van der Waals surface area contributed by atoms with Crippen molar-refractivity contribution in [1.82, 2.24) is 4.72 Å². The first-order valence-corrected chi connectivity index (χ1v) is 8.65. The summed E-state index contributed by atoms with van der Waals surface area (Å²) in [4.78, 5) is 0.268. The van der Waals surface area contributed by atoms with E-state index in [1.807, 2.05) is 12.1 Å². The van der Waals surface area contributed by atoms with Crippen LogP contribution in [0.5, 0.6) is 0 Å². The molecule has 1 unspecified atom stereocenters. The number of sulfonamides is 1. The molecule has 1 aliphatic carbocycles. The molecular weight excluding hydrogens is 274 g/mol. The zero-order valence-electron chi connectivity index (χ0n) is 12.1. The summed E-state index contributed by atoms with van der Waals surface area (Å²) in [6.07, 6.45) is 3.38. The van der Waals surface area contributed by atoms with Gasteiger partial charge in [0.2, 0.25) is 10.0 Å². The van der Waals surface area contributed by atoms with Crippen LogP contribution in [-0.4, -0.2) is 25.7 Å². The molecule has 0 aliphatic heterocycles. The summed E-state index contributed by atoms with van der Waals surface area (Å²) in [5.41, 5.74) is 0.501. The number of hydrogen-bond donors (Lipinski definition) is 2. The van der Waals surface area contributed by atoms with Crippen molar-refractivity contribution in [2.45, 2.75) is 55.9 Å². The quantitative estimate of drug-likeness (QED) is 0.847. The first-order chi connectivity index (χ1) is 9.42. The lowest BCUT2D eigenvalue weighted by Crippen LogP contribution is -2.55. The van der Waals surface area contributed by atoms with E-state index < -0.39 is 15.6 Å². The molecule has 5 heteroatoms. The highest BCUT2D eigenvalue weighted by Crippen LogP contribution is 2.33. The van der Waals surface area contributed by atoms with Crippen LogP contribution < -0.4 is 4.72 Å². The molecule has 0 heterocycles. The summed E-state index contributed by atoms with van der Waals surface area (Å²) in [6.45, 7) is 4.09. The van der Waals surface area contributed by atoms with Crippen LogP contribution in [0.3, 0.4) is 0 Å². The molecule has 0 spiro atoms. The predicted octanol–water partition coefficient (Wildman–Crippen LogP) is 2.39. The van der Waals surface area contributed by atoms with Gasteiger partial charge in [0.25, 0.3) is 0 Å². The summed E-state index contributed by atoms with van der Waals surface area (Å²) in [6, 6.07) is 7.03. The van der Waals surface area contributed by atoms with Crippen molar-refractivity contribution < 1.29 is 13.5 Å². The second-order valence-corrected chi connectivity index (χ2v) is 7.46. The van der Waals surface area contributed by atoms with Gasteiger partial charge in [0.1, 0.15) is 0 Å². The number of aliphatic hydroxyl groups excluding tert-OH is 1. The van der Waals surface area contributed by atoms with E-state index in [0.717, 1.165) is 18.4 Å². The van der Waals surface area contributed by atoms with E-state index in [-0.39, 0.29) is 11.5 Å². The molecule has 4 nitrogen and oxygen atoms in total. The van der Waals surface area contributed by atoms with Crippen LogP contribution in [0.15, 0.2) is 29.2 Å². The number of aliphatic hydroxyl groups is 1. The average molecular weight is 297 g/mol. The Kier molecular flexibility index (Phi) is 4.52. The van der Waals surface area contributed by atoms with E-state index in [1.165, 1.54) is 0 Å². The van der Waals surface area contributed by atoms with Crippen LogP contribution in [0.2, 0.25) is 0 Å². The smallest absolute Gasteiger partial charge is 0.241 e. The van der Waals surface area contributed by atoms with Crippen molar-refractivity contribution in [3.05, 3.63) is 29.8 Å². The standard InChI is InChI=1S/C15H23NO3S/c1-3-12(2)13-5-7-14(8-6-13)20(18,19)16-15(11-17)9-4-10-15/h5-8,12,16-17H,3-4,9-11H2,1-2H3. The Balaban J connectivity index is 2.17. The Hall–Kier alpha value is -0.910. The van der Waals surface area contributed by atoms with Crippen molar-refractivity contribution in [2.75, 3.05) is 6.61 Å². The van der Waals surface area contributed by atoms with E-state index in [2.05, 4.69) is 18.6 Å². The number of benzene rings is 1. The van der Waals surface area contributed by atoms with Gasteiger partial charge in [-0.2, -0.15) is 0 Å². The van der Waals surface area contributed by atoms with Gasteiger partial charge in [0.15, 0.2) is 0 Å². The summed E-state index contributed by atoms with van der Waals surface area (Å²) >= 11 is 0. The molecule has 0 aromatic heterocycles. The molecule has 1 saturated carbocycles. The summed E-state index contributed by atoms with van der Waals surface area (Å²) in [5, 5.41) is 9.37. The van der Waals surface area contributed by atoms with Crippen molar-refractivity contribution >= 4 is 10.0 Å². The van der Waals surface area contributed by atoms with Crippen LogP contribution in [0.4, 0.5) is 0 Å². The molecular formula is C15H23NO3S. The molecule has 112 valence electrons. The molecule has 1 aliphatic rings. The van der Waals surface area contributed by atoms with Gasteiger partial charge in [-0.25, -0.2) is 13.1 Å². The van der Waals surface area contributed by atoms with Crippen molar-refractivity contribution in [3.8, 4) is 0 Å². The molecule has 0 radical (unpaired) electrons. The van der Waals surface area contributed by atoms with Gasteiger partial charge < -0.3 is 5.11 Å². The third kappa shape index (κ3) is 3.05. The fraction of sp³-hybridized carbons (Fsp3) is 0.600. The van der Waals surface area contributed by atoms with E-state index >= 15 is 0 Å². The van der Waals surface area contributed by atoms with E-state index in [9.17, 15) is 13.5 Å². The molecule has 1 aromatic rings. The monoisotopic (exact) mass is 297 g/mol. The van der Waals surface area contributed by atoms with Gasteiger partial charge >= 0.3 is 0 Å². The molecule has 1 aromatic carbocycles. The predicted molar refractivity (Wildman–Crippen MR) is 79.1 cm³/mol. The Morgan fingerprint density at radius 1 is 1.30 bits per heavy atom. The second kappa shape index (κ2) is 5.84. The van der Waals surface area contributed by atoms with Crippen LogP contribution in [0.25, 0.3) is 0 Å². The Bertz CT molecular complexity index is 541. The van der Waals surface area contributed by atoms with Gasteiger partial charge in [0, 0.05) is 0 Å². The molecule has 0 saturated heterocycles. The third-order valence-corrected chi connectivity index (χ3v) is 5.93. The fourth-order valence-electron chi connectivity index (χ4n) is 2.45. The van der Waals surface area contributed by atoms with Gasteiger partial charge in [-0.1, -0.05) is 26.0 Å². The highest BCUT2D eigenvalue weighted by Gasteiger charge is 2.40. The van der Waals surface area contributed by atoms with E-state index in [4.69, 9.17) is 0 Å². The molecule has 2 N–H and O–H groups in total. The number of hydrogen-bond acceptors (Lipinski definition) is 3. The molecule has 20 heavy (non-hydrogen) atoms. The Morgan fingerprint density at radius 2 is 1.90 bits per heavy atom. The minimum atomic E-state index is -3.55. The van der Waals surface area contributed by atoms with Gasteiger partial charge in [-0.3, -0.25) is 0 Å². The maximum atomic E-state index is 12.3. The third-order valence-electron chi connectivity index (χ3n) is 4.34. The van der Waals surface area contributed by atoms with Gasteiger partial charge in [0.05, 0.1) is 17.0 Å². The molecule has 0 amide bonds. The van der Waals surface area contributed by atoms with Gasteiger partial charge in [-0.05, 0) is 49.3 Å². The minimum absolute atomic E-state index is 0.142. The average Bonchev–Trinajstić information content (AvgIpc) is 2.42. The molecule has 1 atom stereocenters. The largest absolute Gasteiger partial charge is 0.394 e. The number of nitrogens with one attached hydrogen (secondary N) is 1. The lowest BCUT2D eigenvalue weighted by atomic mass is 9.78. The zero-order chi connectivity index (χ0) is 14.8. The maximum absolute atomic E-state index is 12.3. The molecule has 1 fully saturated rings. The first-order valence-electron chi connectivity index (χ1n) is 7.17. The van der Waals surface area contributed by atoms with Crippen LogP contribution in [-0.2, 0) is 10.0 Å². The Labute approximate surface area is 121 Å². The van der Waals surface area contributed by atoms with Crippen molar-refractivity contribution in [3.63, 3.8) is 0 Å². The van der Waals surface area contributed by atoms with E-state index in [0.29, 0.717) is 18.8 Å². The summed E-state index contributed by atoms with van der Waals surface area (Å²) < 4.78 is 27.3. The lowest BCUT2D eigenvalue weighted by molar-refractivity contribution is 0.110. The lowest BCUT2D eigenvalue weighted by Gasteiger charge is -2.40. The topological polar surface area (TPSA) is 66.4 Å². The minimum Gasteiger partial charge on any atom is -0.394 e. The van der Waals surface area contributed by atoms with E-state index in [1.54, 1.807) is 12.1 Å². The van der Waals surface area contributed by atoms with Crippen molar-refractivity contribution in [2.24, 2.45) is 0 Å². The van der Waals surface area contributed by atoms with Gasteiger partial charge in [-0.15, -0.1) is 0 Å². The first kappa shape index (κ1) is 15.5. The maximum Gasteiger partial charge on any atom is 0.241 e. The summed E-state index contributed by atoms with van der Waals surface area (Å²) in [7, 11) is -3.55. The second-order valence-electron chi connectivity index (χ2n) is 5.78. The van der Waals surface area contributed by atoms with Crippen molar-refractivity contribution in [1.29, 1.82) is 0 Å². The molecule has 2 rings (SSSR count). The number of rotatable bonds is 6. The van der Waals surface area contributed by atoms with Crippen LogP contribution >= 0.6 is 0 Å². The SMILES string of the molecule is CCC(C)c1ccc(S(=O)(=O)NC2(CO)CCC2)cc1. The Morgan fingerprint density at radius 3 is 2.30 bits per heavy atom. The highest BCUT2D eigenvalue weighted by atomic mass is 32.2. The summed E-state index contributed by atoms with van der Waals surface area (Å²) in [5.74, 6) is 0.426. The van der Waals surface area contributed by atoms with Crippen LogP contribution in [0.1, 0.15) is 51.0 Å².